The number of benzene rings is 1. The predicted octanol–water partition coefficient (Wildman–Crippen LogP) is 1.46. The number of hydrogen-bond donors (Lipinski definition) is 1. The molecule has 1 aromatic carbocycles. The molecule has 0 heterocycles. The second-order valence-corrected chi connectivity index (χ2v) is 2.00. The van der Waals surface area contributed by atoms with Crippen molar-refractivity contribution >= 4 is 5.97 Å². The van der Waals surface area contributed by atoms with E-state index < -0.39 is 11.8 Å². The van der Waals surface area contributed by atoms with Gasteiger partial charge in [-0.1, -0.05) is 18.2 Å². The van der Waals surface area contributed by atoms with Gasteiger partial charge in [0.05, 0.1) is 0 Å². The second-order valence-electron chi connectivity index (χ2n) is 2.00. The molecule has 3 heteroatoms. The van der Waals surface area contributed by atoms with Gasteiger partial charge in [-0.05, 0) is 6.07 Å². The van der Waals surface area contributed by atoms with Crippen molar-refractivity contribution in [3.05, 3.63) is 42.1 Å². The largest absolute Gasteiger partial charge is 0.481 e. The minimum atomic E-state index is -1.14. The lowest BCUT2D eigenvalue weighted by Gasteiger charge is -1.95. The van der Waals surface area contributed by atoms with Crippen LogP contribution in [-0.2, 0) is 4.79 Å². The van der Waals surface area contributed by atoms with Crippen LogP contribution in [0.15, 0.2) is 24.3 Å². The van der Waals surface area contributed by atoms with Crippen LogP contribution >= 0.6 is 0 Å². The molecule has 0 atom stereocenters. The van der Waals surface area contributed by atoms with E-state index in [9.17, 15) is 9.18 Å². The molecule has 0 aromatic heterocycles. The van der Waals surface area contributed by atoms with E-state index >= 15 is 0 Å². The van der Waals surface area contributed by atoms with Crippen molar-refractivity contribution in [2.24, 2.45) is 0 Å². The Hall–Kier alpha value is -1.38. The number of hydrogen-bond acceptors (Lipinski definition) is 1. The Morgan fingerprint density at radius 3 is 2.64 bits per heavy atom. The lowest BCUT2D eigenvalue weighted by molar-refractivity contribution is -0.132. The Bertz CT molecular complexity index is 271. The standard InChI is InChI=1S/C8H6FO2/c9-7-4-2-1-3-6(7)5-8(10)11/h1-5H,(H,10,11). The average molecular weight is 153 g/mol. The van der Waals surface area contributed by atoms with Gasteiger partial charge in [-0.3, -0.25) is 4.79 Å². The van der Waals surface area contributed by atoms with Gasteiger partial charge in [-0.2, -0.15) is 0 Å². The number of carboxylic acids is 1. The Labute approximate surface area is 63.3 Å². The SMILES string of the molecule is O=C(O)[CH]c1ccccc1F. The molecule has 1 radical (unpaired) electrons. The molecule has 1 N–H and O–H groups in total. The zero-order chi connectivity index (χ0) is 8.27. The normalized spacial score (nSPS) is 9.55. The quantitative estimate of drug-likeness (QED) is 0.698. The minimum absolute atomic E-state index is 0.0972. The fourth-order valence-electron chi connectivity index (χ4n) is 0.725. The van der Waals surface area contributed by atoms with Crippen LogP contribution in [0, 0.1) is 12.2 Å². The maximum atomic E-state index is 12.7. The average Bonchev–Trinajstić information content (AvgIpc) is 1.93. The van der Waals surface area contributed by atoms with E-state index in [0.29, 0.717) is 0 Å². The number of carbonyl (C=O) groups is 1. The van der Waals surface area contributed by atoms with Gasteiger partial charge in [-0.15, -0.1) is 0 Å². The molecule has 0 saturated carbocycles. The Kier molecular flexibility index (Phi) is 2.21. The highest BCUT2D eigenvalue weighted by atomic mass is 19.1. The Morgan fingerprint density at radius 2 is 2.09 bits per heavy atom. The summed E-state index contributed by atoms with van der Waals surface area (Å²) in [5.74, 6) is -1.66. The molecule has 0 saturated heterocycles. The molecule has 57 valence electrons. The van der Waals surface area contributed by atoms with Gasteiger partial charge >= 0.3 is 5.97 Å². The Morgan fingerprint density at radius 1 is 1.45 bits per heavy atom. The van der Waals surface area contributed by atoms with Gasteiger partial charge in [0.15, 0.2) is 0 Å². The van der Waals surface area contributed by atoms with Gasteiger partial charge in [0.25, 0.3) is 0 Å². The maximum Gasteiger partial charge on any atom is 0.312 e. The van der Waals surface area contributed by atoms with Crippen molar-refractivity contribution in [1.29, 1.82) is 0 Å². The van der Waals surface area contributed by atoms with Crippen molar-refractivity contribution in [2.75, 3.05) is 0 Å². The first kappa shape index (κ1) is 7.72. The molecular formula is C8H6FO2. The van der Waals surface area contributed by atoms with Gasteiger partial charge in [0.2, 0.25) is 0 Å². The van der Waals surface area contributed by atoms with E-state index in [2.05, 4.69) is 0 Å². The fourth-order valence-corrected chi connectivity index (χ4v) is 0.725. The molecule has 0 amide bonds. The highest BCUT2D eigenvalue weighted by Gasteiger charge is 2.04. The molecule has 0 bridgehead atoms. The van der Waals surface area contributed by atoms with Gasteiger partial charge < -0.3 is 5.11 Å². The van der Waals surface area contributed by atoms with Crippen LogP contribution in [0.2, 0.25) is 0 Å². The highest BCUT2D eigenvalue weighted by molar-refractivity contribution is 5.81. The van der Waals surface area contributed by atoms with E-state index in [1.165, 1.54) is 18.2 Å². The van der Waals surface area contributed by atoms with E-state index in [1.807, 2.05) is 0 Å². The zero-order valence-corrected chi connectivity index (χ0v) is 5.62. The summed E-state index contributed by atoms with van der Waals surface area (Å²) in [7, 11) is 0. The van der Waals surface area contributed by atoms with Crippen molar-refractivity contribution in [3.63, 3.8) is 0 Å². The molecule has 0 unspecified atom stereocenters. The number of rotatable bonds is 2. The molecule has 11 heavy (non-hydrogen) atoms. The molecule has 2 nitrogen and oxygen atoms in total. The summed E-state index contributed by atoms with van der Waals surface area (Å²) in [5, 5.41) is 8.27. The summed E-state index contributed by atoms with van der Waals surface area (Å²) in [6, 6.07) is 5.71. The molecule has 0 fully saturated rings. The first-order valence-electron chi connectivity index (χ1n) is 3.02. The highest BCUT2D eigenvalue weighted by Crippen LogP contribution is 2.07. The third-order valence-corrected chi connectivity index (χ3v) is 1.18. The van der Waals surface area contributed by atoms with E-state index in [0.717, 1.165) is 6.42 Å². The van der Waals surface area contributed by atoms with Crippen LogP contribution in [0.3, 0.4) is 0 Å². The monoisotopic (exact) mass is 153 g/mol. The van der Waals surface area contributed by atoms with Crippen LogP contribution < -0.4 is 0 Å². The van der Waals surface area contributed by atoms with Gasteiger partial charge in [0, 0.05) is 5.56 Å². The van der Waals surface area contributed by atoms with Crippen molar-refractivity contribution < 1.29 is 14.3 Å². The van der Waals surface area contributed by atoms with Crippen LogP contribution in [0.4, 0.5) is 4.39 Å². The molecule has 0 aliphatic rings. The van der Waals surface area contributed by atoms with Crippen LogP contribution in [0.5, 0.6) is 0 Å². The van der Waals surface area contributed by atoms with Crippen molar-refractivity contribution in [1.82, 2.24) is 0 Å². The summed E-state index contributed by atoms with van der Waals surface area (Å²) in [4.78, 5) is 10.1. The molecule has 0 aliphatic carbocycles. The fraction of sp³-hybridized carbons (Fsp3) is 0. The first-order chi connectivity index (χ1) is 5.20. The minimum Gasteiger partial charge on any atom is -0.481 e. The molecule has 0 aliphatic heterocycles. The van der Waals surface area contributed by atoms with Crippen LogP contribution in [-0.4, -0.2) is 11.1 Å². The first-order valence-corrected chi connectivity index (χ1v) is 3.02. The lowest BCUT2D eigenvalue weighted by atomic mass is 10.1. The van der Waals surface area contributed by atoms with Gasteiger partial charge in [0.1, 0.15) is 12.2 Å². The Balaban J connectivity index is 2.86. The lowest BCUT2D eigenvalue weighted by Crippen LogP contribution is -1.98. The van der Waals surface area contributed by atoms with Crippen LogP contribution in [0.1, 0.15) is 5.56 Å². The maximum absolute atomic E-state index is 12.7. The number of carboxylic acid groups (broad SMARTS) is 1. The molecule has 1 aromatic rings. The third-order valence-electron chi connectivity index (χ3n) is 1.18. The summed E-state index contributed by atoms with van der Waals surface area (Å²) in [5.41, 5.74) is 0.0972. The van der Waals surface area contributed by atoms with E-state index in [-0.39, 0.29) is 5.56 Å². The van der Waals surface area contributed by atoms with E-state index in [1.54, 1.807) is 6.07 Å². The smallest absolute Gasteiger partial charge is 0.312 e. The van der Waals surface area contributed by atoms with Crippen LogP contribution in [0.25, 0.3) is 0 Å². The van der Waals surface area contributed by atoms with E-state index in [4.69, 9.17) is 5.11 Å². The molecular weight excluding hydrogens is 147 g/mol. The zero-order valence-electron chi connectivity index (χ0n) is 5.62. The van der Waals surface area contributed by atoms with Crippen molar-refractivity contribution in [2.45, 2.75) is 0 Å². The molecule has 0 spiro atoms. The molecule has 1 rings (SSSR count). The number of aliphatic carboxylic acids is 1. The summed E-state index contributed by atoms with van der Waals surface area (Å²) < 4.78 is 12.7. The van der Waals surface area contributed by atoms with Gasteiger partial charge in [-0.25, -0.2) is 4.39 Å². The van der Waals surface area contributed by atoms with Crippen molar-refractivity contribution in [3.8, 4) is 0 Å². The topological polar surface area (TPSA) is 37.3 Å². The predicted molar refractivity (Wildman–Crippen MR) is 37.4 cm³/mol. The summed E-state index contributed by atoms with van der Waals surface area (Å²) in [6.45, 7) is 0. The second kappa shape index (κ2) is 3.14. The summed E-state index contributed by atoms with van der Waals surface area (Å²) >= 11 is 0. The third kappa shape index (κ3) is 2.04. The summed E-state index contributed by atoms with van der Waals surface area (Å²) in [6.07, 6.45) is 0.829. The number of halogens is 1.